The lowest BCUT2D eigenvalue weighted by atomic mass is 10.0. The van der Waals surface area contributed by atoms with Gasteiger partial charge in [0, 0.05) is 5.39 Å². The minimum absolute atomic E-state index is 0.276. The number of rotatable bonds is 20. The van der Waals surface area contributed by atoms with Gasteiger partial charge in [-0.2, -0.15) is 8.42 Å². The third kappa shape index (κ3) is 10.5. The Balaban J connectivity index is 1.91. The van der Waals surface area contributed by atoms with Crippen molar-refractivity contribution in [3.63, 3.8) is 0 Å². The highest BCUT2D eigenvalue weighted by atomic mass is 32.2. The van der Waals surface area contributed by atoms with Crippen LogP contribution >= 0.6 is 0 Å². The molecule has 3 nitrogen and oxygen atoms in total. The Bertz CT molecular complexity index is 904. The van der Waals surface area contributed by atoms with E-state index in [-0.39, 0.29) is 6.61 Å². The molecule has 0 amide bonds. The van der Waals surface area contributed by atoms with Crippen LogP contribution in [-0.2, 0) is 20.7 Å². The summed E-state index contributed by atoms with van der Waals surface area (Å²) in [6.07, 6.45) is 20.1. The summed E-state index contributed by atoms with van der Waals surface area (Å²) in [5.41, 5.74) is 0.903. The van der Waals surface area contributed by atoms with Crippen LogP contribution in [0.1, 0.15) is 122 Å². The van der Waals surface area contributed by atoms with Gasteiger partial charge >= 0.3 is 0 Å². The van der Waals surface area contributed by atoms with E-state index in [2.05, 4.69) is 13.8 Å². The average Bonchev–Trinajstić information content (AvgIpc) is 2.84. The van der Waals surface area contributed by atoms with Crippen LogP contribution in [0.5, 0.6) is 0 Å². The lowest BCUT2D eigenvalue weighted by molar-refractivity contribution is 0.306. The SMILES string of the molecule is CCCCCCCCCCOS(=O)(=O)c1c(CCCCCCCCCC)ccc2ccccc12. The molecule has 0 spiro atoms. The first-order chi connectivity index (χ1) is 16.6. The lowest BCUT2D eigenvalue weighted by Crippen LogP contribution is -2.11. The monoisotopic (exact) mass is 488 g/mol. The van der Waals surface area contributed by atoms with Crippen molar-refractivity contribution in [2.75, 3.05) is 6.61 Å². The first-order valence-corrected chi connectivity index (χ1v) is 15.4. The molecule has 0 aliphatic heterocycles. The first kappa shape index (κ1) is 28.8. The maximum Gasteiger partial charge on any atom is 0.297 e. The Hall–Kier alpha value is -1.39. The predicted octanol–water partition coefficient (Wildman–Crippen LogP) is 9.37. The maximum absolute atomic E-state index is 13.3. The molecule has 0 saturated carbocycles. The van der Waals surface area contributed by atoms with Crippen molar-refractivity contribution in [1.82, 2.24) is 0 Å². The molecular weight excluding hydrogens is 440 g/mol. The molecule has 0 aliphatic rings. The Labute approximate surface area is 209 Å². The van der Waals surface area contributed by atoms with Gasteiger partial charge in [-0.05, 0) is 30.2 Å². The minimum atomic E-state index is -3.78. The fraction of sp³-hybridized carbons (Fsp3) is 0.667. The van der Waals surface area contributed by atoms with Crippen LogP contribution in [-0.4, -0.2) is 15.0 Å². The van der Waals surface area contributed by atoms with Crippen LogP contribution < -0.4 is 0 Å². The van der Waals surface area contributed by atoms with Crippen molar-refractivity contribution in [1.29, 1.82) is 0 Å². The molecule has 0 N–H and O–H groups in total. The molecular formula is C30H48O3S. The Kier molecular flexibility index (Phi) is 14.5. The zero-order valence-electron chi connectivity index (χ0n) is 21.8. The van der Waals surface area contributed by atoms with E-state index < -0.39 is 10.1 Å². The van der Waals surface area contributed by atoms with Crippen molar-refractivity contribution in [3.8, 4) is 0 Å². The fourth-order valence-electron chi connectivity index (χ4n) is 4.69. The molecule has 192 valence electrons. The highest BCUT2D eigenvalue weighted by molar-refractivity contribution is 7.87. The third-order valence-electron chi connectivity index (χ3n) is 6.75. The van der Waals surface area contributed by atoms with Gasteiger partial charge in [-0.25, -0.2) is 0 Å². The van der Waals surface area contributed by atoms with Gasteiger partial charge in [0.05, 0.1) is 6.61 Å². The van der Waals surface area contributed by atoms with Gasteiger partial charge < -0.3 is 0 Å². The van der Waals surface area contributed by atoms with Crippen molar-refractivity contribution in [2.24, 2.45) is 0 Å². The minimum Gasteiger partial charge on any atom is -0.266 e. The standard InChI is InChI=1S/C30H48O3S/c1-3-5-7-9-11-13-15-17-22-28-25-24-27-21-18-19-23-29(27)30(28)34(31,32)33-26-20-16-14-12-10-8-6-4-2/h18-19,21,23-25H,3-17,20,22,26H2,1-2H3. The largest absolute Gasteiger partial charge is 0.297 e. The first-order valence-electron chi connectivity index (χ1n) is 14.0. The summed E-state index contributed by atoms with van der Waals surface area (Å²) < 4.78 is 32.1. The summed E-state index contributed by atoms with van der Waals surface area (Å²) in [7, 11) is -3.78. The highest BCUT2D eigenvalue weighted by Crippen LogP contribution is 2.30. The molecule has 0 bridgehead atoms. The van der Waals surface area contributed by atoms with Crippen LogP contribution in [0.4, 0.5) is 0 Å². The van der Waals surface area contributed by atoms with Gasteiger partial charge in [0.2, 0.25) is 0 Å². The molecule has 0 atom stereocenters. The summed E-state index contributed by atoms with van der Waals surface area (Å²) in [6.45, 7) is 4.75. The Morgan fingerprint density at radius 1 is 0.618 bits per heavy atom. The van der Waals surface area contributed by atoms with E-state index in [0.29, 0.717) is 4.90 Å². The second-order valence-corrected chi connectivity index (χ2v) is 11.3. The van der Waals surface area contributed by atoms with Crippen LogP contribution in [0.3, 0.4) is 0 Å². The Morgan fingerprint density at radius 3 is 1.76 bits per heavy atom. The topological polar surface area (TPSA) is 43.4 Å². The van der Waals surface area contributed by atoms with Crippen LogP contribution in [0.2, 0.25) is 0 Å². The van der Waals surface area contributed by atoms with Crippen LogP contribution in [0.25, 0.3) is 10.8 Å². The summed E-state index contributed by atoms with van der Waals surface area (Å²) in [6, 6.07) is 11.8. The van der Waals surface area contributed by atoms with Crippen molar-refractivity contribution in [3.05, 3.63) is 42.0 Å². The summed E-state index contributed by atoms with van der Waals surface area (Å²) in [5.74, 6) is 0. The number of benzene rings is 2. The van der Waals surface area contributed by atoms with E-state index in [9.17, 15) is 8.42 Å². The van der Waals surface area contributed by atoms with Gasteiger partial charge in [0.15, 0.2) is 0 Å². The van der Waals surface area contributed by atoms with Gasteiger partial charge in [0.1, 0.15) is 4.90 Å². The average molecular weight is 489 g/mol. The quantitative estimate of drug-likeness (QED) is 0.138. The van der Waals surface area contributed by atoms with Crippen molar-refractivity contribution < 1.29 is 12.6 Å². The van der Waals surface area contributed by atoms with E-state index in [4.69, 9.17) is 4.18 Å². The van der Waals surface area contributed by atoms with Crippen LogP contribution in [0.15, 0.2) is 41.3 Å². The number of hydrogen-bond donors (Lipinski definition) is 0. The van der Waals surface area contributed by atoms with Gasteiger partial charge in [0.25, 0.3) is 10.1 Å². The summed E-state index contributed by atoms with van der Waals surface area (Å²) in [5, 5.41) is 1.74. The molecule has 34 heavy (non-hydrogen) atoms. The number of aryl methyl sites for hydroxylation is 1. The highest BCUT2D eigenvalue weighted by Gasteiger charge is 2.22. The molecule has 4 heteroatoms. The predicted molar refractivity (Wildman–Crippen MR) is 146 cm³/mol. The molecule has 0 saturated heterocycles. The van der Waals surface area contributed by atoms with E-state index in [0.717, 1.165) is 54.9 Å². The molecule has 2 rings (SSSR count). The normalized spacial score (nSPS) is 11.9. The Morgan fingerprint density at radius 2 is 1.15 bits per heavy atom. The molecule has 0 aliphatic carbocycles. The molecule has 2 aromatic carbocycles. The van der Waals surface area contributed by atoms with Gasteiger partial charge in [-0.1, -0.05) is 140 Å². The zero-order chi connectivity index (χ0) is 24.5. The second-order valence-electron chi connectivity index (χ2n) is 9.75. The molecule has 0 unspecified atom stereocenters. The lowest BCUT2D eigenvalue weighted by Gasteiger charge is -2.14. The van der Waals surface area contributed by atoms with Gasteiger partial charge in [-0.3, -0.25) is 4.18 Å². The third-order valence-corrected chi connectivity index (χ3v) is 8.21. The van der Waals surface area contributed by atoms with E-state index in [1.165, 1.54) is 70.6 Å². The smallest absolute Gasteiger partial charge is 0.266 e. The molecule has 0 fully saturated rings. The number of unbranched alkanes of at least 4 members (excludes halogenated alkanes) is 14. The van der Waals surface area contributed by atoms with Crippen molar-refractivity contribution in [2.45, 2.75) is 128 Å². The summed E-state index contributed by atoms with van der Waals surface area (Å²) in [4.78, 5) is 0.396. The number of fused-ring (bicyclic) bond motifs is 1. The van der Waals surface area contributed by atoms with E-state index >= 15 is 0 Å². The molecule has 0 heterocycles. The van der Waals surface area contributed by atoms with E-state index in [1.807, 2.05) is 36.4 Å². The molecule has 0 aromatic heterocycles. The molecule has 0 radical (unpaired) electrons. The van der Waals surface area contributed by atoms with E-state index in [1.54, 1.807) is 0 Å². The molecule has 2 aromatic rings. The summed E-state index contributed by atoms with van der Waals surface area (Å²) >= 11 is 0. The van der Waals surface area contributed by atoms with Gasteiger partial charge in [-0.15, -0.1) is 0 Å². The second kappa shape index (κ2) is 17.1. The maximum atomic E-state index is 13.3. The van der Waals surface area contributed by atoms with Crippen molar-refractivity contribution >= 4 is 20.9 Å². The number of hydrogen-bond acceptors (Lipinski definition) is 3. The van der Waals surface area contributed by atoms with Crippen LogP contribution in [0, 0.1) is 0 Å². The fourth-order valence-corrected chi connectivity index (χ4v) is 6.09. The zero-order valence-corrected chi connectivity index (χ0v) is 22.6.